The van der Waals surface area contributed by atoms with Gasteiger partial charge in [0.2, 0.25) is 10.0 Å². The maximum Gasteiger partial charge on any atom is 0.211 e. The van der Waals surface area contributed by atoms with Crippen molar-refractivity contribution in [2.75, 3.05) is 50.4 Å². The van der Waals surface area contributed by atoms with Gasteiger partial charge in [0.25, 0.3) is 0 Å². The van der Waals surface area contributed by atoms with E-state index in [2.05, 4.69) is 33.5 Å². The van der Waals surface area contributed by atoms with Crippen LogP contribution in [0.2, 0.25) is 0 Å². The van der Waals surface area contributed by atoms with Crippen molar-refractivity contribution in [1.29, 1.82) is 0 Å². The highest BCUT2D eigenvalue weighted by molar-refractivity contribution is 7.88. The van der Waals surface area contributed by atoms with E-state index in [1.807, 2.05) is 18.3 Å². The number of rotatable bonds is 6. The highest BCUT2D eigenvalue weighted by Crippen LogP contribution is 2.20. The van der Waals surface area contributed by atoms with E-state index in [-0.39, 0.29) is 0 Å². The predicted molar refractivity (Wildman–Crippen MR) is 118 cm³/mol. The molecule has 3 heterocycles. The largest absolute Gasteiger partial charge is 0.357 e. The first kappa shape index (κ1) is 21.8. The topological polar surface area (TPSA) is 89.9 Å². The predicted octanol–water partition coefficient (Wildman–Crippen LogP) is 1.28. The summed E-state index contributed by atoms with van der Waals surface area (Å²) in [5.41, 5.74) is 0. The Kier molecular flexibility index (Phi) is 7.71. The summed E-state index contributed by atoms with van der Waals surface area (Å²) in [5, 5.41) is 6.94. The molecule has 2 fully saturated rings. The number of aliphatic imine (C=N–C) groups is 1. The molecule has 1 aromatic heterocycles. The van der Waals surface area contributed by atoms with Crippen molar-refractivity contribution in [2.45, 2.75) is 38.6 Å². The van der Waals surface area contributed by atoms with E-state index in [9.17, 15) is 8.42 Å². The Hall–Kier alpha value is -1.87. The minimum absolute atomic E-state index is 0.403. The third-order valence-corrected chi connectivity index (χ3v) is 7.01. The lowest BCUT2D eigenvalue weighted by molar-refractivity contribution is 0.280. The van der Waals surface area contributed by atoms with Gasteiger partial charge in [-0.3, -0.25) is 4.99 Å². The fourth-order valence-corrected chi connectivity index (χ4v) is 4.83. The minimum Gasteiger partial charge on any atom is -0.357 e. The van der Waals surface area contributed by atoms with Crippen LogP contribution in [0.15, 0.2) is 29.4 Å². The molecule has 0 radical (unpaired) electrons. The van der Waals surface area contributed by atoms with E-state index >= 15 is 0 Å². The summed E-state index contributed by atoms with van der Waals surface area (Å²) in [7, 11) is -3.07. The van der Waals surface area contributed by atoms with E-state index in [1.165, 1.54) is 6.26 Å². The second kappa shape index (κ2) is 10.2. The van der Waals surface area contributed by atoms with E-state index in [4.69, 9.17) is 4.99 Å². The van der Waals surface area contributed by atoms with Gasteiger partial charge < -0.3 is 15.5 Å². The Morgan fingerprint density at radius 3 is 2.48 bits per heavy atom. The molecular weight excluding hydrogens is 388 g/mol. The molecule has 0 bridgehead atoms. The van der Waals surface area contributed by atoms with Gasteiger partial charge in [-0.2, -0.15) is 0 Å². The molecule has 29 heavy (non-hydrogen) atoms. The molecule has 1 aromatic rings. The van der Waals surface area contributed by atoms with Crippen LogP contribution in [-0.4, -0.2) is 75.2 Å². The van der Waals surface area contributed by atoms with Crippen molar-refractivity contribution in [3.63, 3.8) is 0 Å². The van der Waals surface area contributed by atoms with E-state index in [1.54, 1.807) is 4.31 Å². The fourth-order valence-electron chi connectivity index (χ4n) is 3.95. The molecule has 2 aliphatic rings. The summed E-state index contributed by atoms with van der Waals surface area (Å²) in [4.78, 5) is 11.6. The van der Waals surface area contributed by atoms with Crippen LogP contribution in [0.4, 0.5) is 5.82 Å². The van der Waals surface area contributed by atoms with Crippen LogP contribution >= 0.6 is 0 Å². The first-order valence-corrected chi connectivity index (χ1v) is 12.5. The molecule has 162 valence electrons. The maximum absolute atomic E-state index is 11.7. The number of nitrogens with zero attached hydrogens (tertiary/aromatic N) is 4. The van der Waals surface area contributed by atoms with Crippen LogP contribution in [0.5, 0.6) is 0 Å². The number of hydrogen-bond donors (Lipinski definition) is 2. The van der Waals surface area contributed by atoms with Gasteiger partial charge in [0, 0.05) is 51.5 Å². The summed E-state index contributed by atoms with van der Waals surface area (Å²) in [5.74, 6) is 2.36. The molecule has 0 saturated carbocycles. The van der Waals surface area contributed by atoms with Gasteiger partial charge >= 0.3 is 0 Å². The average Bonchev–Trinajstić information content (AvgIpc) is 2.73. The lowest BCUT2D eigenvalue weighted by atomic mass is 9.98. The van der Waals surface area contributed by atoms with E-state index in [0.717, 1.165) is 63.6 Å². The molecular formula is C20H34N6O2S. The molecule has 2 aliphatic heterocycles. The second-order valence-electron chi connectivity index (χ2n) is 7.92. The normalized spacial score (nSPS) is 20.6. The molecule has 0 spiro atoms. The molecule has 0 aliphatic carbocycles. The van der Waals surface area contributed by atoms with Crippen molar-refractivity contribution in [3.8, 4) is 0 Å². The summed E-state index contributed by atoms with van der Waals surface area (Å²) in [6.45, 7) is 6.82. The Morgan fingerprint density at radius 1 is 1.17 bits per heavy atom. The van der Waals surface area contributed by atoms with Gasteiger partial charge in [0.1, 0.15) is 5.82 Å². The molecule has 2 saturated heterocycles. The Labute approximate surface area is 174 Å². The monoisotopic (exact) mass is 422 g/mol. The molecule has 8 nitrogen and oxygen atoms in total. The van der Waals surface area contributed by atoms with Crippen LogP contribution in [0, 0.1) is 5.92 Å². The third kappa shape index (κ3) is 6.57. The molecule has 0 amide bonds. The van der Waals surface area contributed by atoms with Crippen LogP contribution < -0.4 is 15.5 Å². The van der Waals surface area contributed by atoms with Crippen molar-refractivity contribution < 1.29 is 8.42 Å². The number of aromatic nitrogens is 1. The first-order chi connectivity index (χ1) is 14.0. The highest BCUT2D eigenvalue weighted by atomic mass is 32.2. The number of guanidine groups is 1. The summed E-state index contributed by atoms with van der Waals surface area (Å²) < 4.78 is 24.9. The van der Waals surface area contributed by atoms with Crippen molar-refractivity contribution >= 4 is 21.8 Å². The fraction of sp³-hybridized carbons (Fsp3) is 0.700. The molecule has 0 atom stereocenters. The highest BCUT2D eigenvalue weighted by Gasteiger charge is 2.25. The van der Waals surface area contributed by atoms with Gasteiger partial charge in [0.05, 0.1) is 6.26 Å². The van der Waals surface area contributed by atoms with Gasteiger partial charge in [-0.25, -0.2) is 17.7 Å². The molecule has 2 N–H and O–H groups in total. The van der Waals surface area contributed by atoms with E-state index < -0.39 is 10.0 Å². The minimum atomic E-state index is -3.07. The zero-order valence-electron chi connectivity index (χ0n) is 17.5. The van der Waals surface area contributed by atoms with Gasteiger partial charge in [-0.05, 0) is 50.7 Å². The molecule has 0 unspecified atom stereocenters. The maximum atomic E-state index is 11.7. The van der Waals surface area contributed by atoms with Crippen LogP contribution in [0.25, 0.3) is 0 Å². The lowest BCUT2D eigenvalue weighted by Crippen LogP contribution is -2.49. The van der Waals surface area contributed by atoms with E-state index in [0.29, 0.717) is 25.0 Å². The Balaban J connectivity index is 1.46. The van der Waals surface area contributed by atoms with Gasteiger partial charge in [0.15, 0.2) is 5.96 Å². The number of hydrogen-bond acceptors (Lipinski definition) is 5. The first-order valence-electron chi connectivity index (χ1n) is 10.6. The van der Waals surface area contributed by atoms with Crippen LogP contribution in [-0.2, 0) is 10.0 Å². The number of piperidine rings is 2. The van der Waals surface area contributed by atoms with Gasteiger partial charge in [-0.15, -0.1) is 0 Å². The number of pyridine rings is 1. The molecule has 0 aromatic carbocycles. The smallest absolute Gasteiger partial charge is 0.211 e. The Morgan fingerprint density at radius 2 is 1.90 bits per heavy atom. The quantitative estimate of drug-likeness (QED) is 0.530. The standard InChI is InChI=1S/C20H34N6O2S/c1-3-21-20(23-16-17-7-14-26(15-8-17)29(2,27)28)24-18-9-12-25(13-10-18)19-6-4-5-11-22-19/h4-6,11,17-18H,3,7-10,12-16H2,1-2H3,(H2,21,23,24). The van der Waals surface area contributed by atoms with Crippen LogP contribution in [0.1, 0.15) is 32.6 Å². The zero-order valence-corrected chi connectivity index (χ0v) is 18.4. The Bertz CT molecular complexity index is 754. The lowest BCUT2D eigenvalue weighted by Gasteiger charge is -2.34. The molecule has 9 heteroatoms. The number of anilines is 1. The summed E-state index contributed by atoms with van der Waals surface area (Å²) >= 11 is 0. The SMILES string of the molecule is CCNC(=NCC1CCN(S(C)(=O)=O)CC1)NC1CCN(c2ccccn2)CC1. The van der Waals surface area contributed by atoms with Crippen LogP contribution in [0.3, 0.4) is 0 Å². The zero-order chi connectivity index (χ0) is 20.7. The summed E-state index contributed by atoms with van der Waals surface area (Å²) in [6, 6.07) is 6.44. The van der Waals surface area contributed by atoms with Gasteiger partial charge in [-0.1, -0.05) is 6.07 Å². The second-order valence-corrected chi connectivity index (χ2v) is 9.90. The molecule has 3 rings (SSSR count). The summed E-state index contributed by atoms with van der Waals surface area (Å²) in [6.07, 6.45) is 6.98. The average molecular weight is 423 g/mol. The van der Waals surface area contributed by atoms with Crippen molar-refractivity contribution in [2.24, 2.45) is 10.9 Å². The van der Waals surface area contributed by atoms with Crippen molar-refractivity contribution in [1.82, 2.24) is 19.9 Å². The van der Waals surface area contributed by atoms with Crippen molar-refractivity contribution in [3.05, 3.63) is 24.4 Å². The number of sulfonamides is 1. The third-order valence-electron chi connectivity index (χ3n) is 5.70. The number of nitrogens with one attached hydrogen (secondary N) is 2.